The summed E-state index contributed by atoms with van der Waals surface area (Å²) in [5, 5.41) is 0. The highest BCUT2D eigenvalue weighted by atomic mass is 16.1. The topological polar surface area (TPSA) is 43.1 Å². The molecule has 90 valence electrons. The fraction of sp³-hybridized carbons (Fsp3) is 0.923. The molecule has 0 aliphatic heterocycles. The molecule has 0 radical (unpaired) electrons. The minimum Gasteiger partial charge on any atom is -0.330 e. The third-order valence-corrected chi connectivity index (χ3v) is 3.02. The fourth-order valence-electron chi connectivity index (χ4n) is 1.73. The Hall–Kier alpha value is -0.370. The van der Waals surface area contributed by atoms with Crippen molar-refractivity contribution in [2.45, 2.75) is 65.7 Å². The summed E-state index contributed by atoms with van der Waals surface area (Å²) >= 11 is 0. The predicted molar refractivity (Wildman–Crippen MR) is 65.8 cm³/mol. The van der Waals surface area contributed by atoms with E-state index in [2.05, 4.69) is 20.8 Å². The summed E-state index contributed by atoms with van der Waals surface area (Å²) in [6.07, 6.45) is 7.47. The van der Waals surface area contributed by atoms with Crippen molar-refractivity contribution < 1.29 is 4.79 Å². The molecule has 0 atom stereocenters. The van der Waals surface area contributed by atoms with Crippen LogP contribution >= 0.6 is 0 Å². The average Bonchev–Trinajstić information content (AvgIpc) is 2.21. The first-order valence-corrected chi connectivity index (χ1v) is 6.28. The summed E-state index contributed by atoms with van der Waals surface area (Å²) in [7, 11) is 0. The normalized spacial score (nSPS) is 11.7. The van der Waals surface area contributed by atoms with Gasteiger partial charge in [-0.25, -0.2) is 0 Å². The molecule has 0 aliphatic rings. The zero-order valence-corrected chi connectivity index (χ0v) is 10.6. The van der Waals surface area contributed by atoms with Gasteiger partial charge in [0, 0.05) is 11.8 Å². The van der Waals surface area contributed by atoms with E-state index in [1.165, 1.54) is 25.7 Å². The second-order valence-electron chi connectivity index (χ2n) is 5.01. The van der Waals surface area contributed by atoms with Gasteiger partial charge in [-0.2, -0.15) is 0 Å². The predicted octanol–water partition coefficient (Wildman–Crippen LogP) is 3.29. The summed E-state index contributed by atoms with van der Waals surface area (Å²) in [6.45, 7) is 6.96. The molecule has 0 amide bonds. The Labute approximate surface area is 94.6 Å². The highest BCUT2D eigenvalue weighted by molar-refractivity contribution is 5.83. The largest absolute Gasteiger partial charge is 0.330 e. The number of unbranched alkanes of at least 4 members (excludes halogenated alkanes) is 3. The first-order chi connectivity index (χ1) is 7.04. The number of nitrogens with two attached hydrogens (primary N) is 1. The molecule has 0 aliphatic carbocycles. The fourth-order valence-corrected chi connectivity index (χ4v) is 1.73. The molecule has 0 aromatic heterocycles. The first kappa shape index (κ1) is 14.6. The number of carbonyl (C=O) groups is 1. The number of rotatable bonds is 9. The third-order valence-electron chi connectivity index (χ3n) is 3.02. The molecular formula is C13H27NO. The van der Waals surface area contributed by atoms with Crippen molar-refractivity contribution >= 4 is 5.78 Å². The summed E-state index contributed by atoms with van der Waals surface area (Å²) in [5.41, 5.74) is 5.27. The molecule has 0 spiro atoms. The van der Waals surface area contributed by atoms with Crippen molar-refractivity contribution in [3.8, 4) is 0 Å². The minimum absolute atomic E-state index is 0.136. The van der Waals surface area contributed by atoms with E-state index in [0.717, 1.165) is 12.8 Å². The summed E-state index contributed by atoms with van der Waals surface area (Å²) in [4.78, 5) is 11.8. The van der Waals surface area contributed by atoms with Gasteiger partial charge in [-0.1, -0.05) is 46.5 Å². The molecule has 0 aromatic carbocycles. The van der Waals surface area contributed by atoms with Gasteiger partial charge in [0.25, 0.3) is 0 Å². The maximum Gasteiger partial charge on any atom is 0.138 e. The molecule has 15 heavy (non-hydrogen) atoms. The van der Waals surface area contributed by atoms with Gasteiger partial charge in [0.05, 0.1) is 0 Å². The van der Waals surface area contributed by atoms with Gasteiger partial charge in [0.15, 0.2) is 0 Å². The highest BCUT2D eigenvalue weighted by Gasteiger charge is 2.25. The van der Waals surface area contributed by atoms with E-state index in [-0.39, 0.29) is 5.41 Å². The van der Waals surface area contributed by atoms with Crippen molar-refractivity contribution in [1.82, 2.24) is 0 Å². The smallest absolute Gasteiger partial charge is 0.138 e. The Balaban J connectivity index is 3.78. The van der Waals surface area contributed by atoms with E-state index in [9.17, 15) is 4.79 Å². The zero-order chi connectivity index (χ0) is 11.7. The minimum atomic E-state index is -0.136. The summed E-state index contributed by atoms with van der Waals surface area (Å²) in [6, 6.07) is 0. The molecular weight excluding hydrogens is 186 g/mol. The SMILES string of the molecule is CCCCCCC(C)(C)C(=O)CCCN. The van der Waals surface area contributed by atoms with Crippen LogP contribution in [-0.2, 0) is 4.79 Å². The molecule has 0 unspecified atom stereocenters. The zero-order valence-electron chi connectivity index (χ0n) is 10.6. The van der Waals surface area contributed by atoms with E-state index < -0.39 is 0 Å². The molecule has 0 bridgehead atoms. The molecule has 2 heteroatoms. The second-order valence-corrected chi connectivity index (χ2v) is 5.01. The van der Waals surface area contributed by atoms with Gasteiger partial charge >= 0.3 is 0 Å². The van der Waals surface area contributed by atoms with Crippen LogP contribution in [-0.4, -0.2) is 12.3 Å². The van der Waals surface area contributed by atoms with E-state index in [1.54, 1.807) is 0 Å². The lowest BCUT2D eigenvalue weighted by Crippen LogP contribution is -2.24. The molecule has 0 fully saturated rings. The van der Waals surface area contributed by atoms with Gasteiger partial charge in [0.2, 0.25) is 0 Å². The van der Waals surface area contributed by atoms with E-state index >= 15 is 0 Å². The van der Waals surface area contributed by atoms with Crippen LogP contribution in [0.5, 0.6) is 0 Å². The van der Waals surface area contributed by atoms with Crippen molar-refractivity contribution in [2.24, 2.45) is 11.1 Å². The molecule has 0 saturated heterocycles. The van der Waals surface area contributed by atoms with Crippen molar-refractivity contribution in [3.63, 3.8) is 0 Å². The van der Waals surface area contributed by atoms with Gasteiger partial charge in [0.1, 0.15) is 5.78 Å². The first-order valence-electron chi connectivity index (χ1n) is 6.28. The van der Waals surface area contributed by atoms with Gasteiger partial charge in [-0.15, -0.1) is 0 Å². The lowest BCUT2D eigenvalue weighted by Gasteiger charge is -2.22. The van der Waals surface area contributed by atoms with Crippen molar-refractivity contribution in [3.05, 3.63) is 0 Å². The van der Waals surface area contributed by atoms with E-state index in [4.69, 9.17) is 5.73 Å². The van der Waals surface area contributed by atoms with Crippen LogP contribution in [0, 0.1) is 5.41 Å². The number of ketones is 1. The molecule has 2 N–H and O–H groups in total. The Morgan fingerprint density at radius 3 is 2.33 bits per heavy atom. The van der Waals surface area contributed by atoms with Crippen LogP contribution in [0.3, 0.4) is 0 Å². The van der Waals surface area contributed by atoms with E-state index in [1.807, 2.05) is 0 Å². The Kier molecular flexibility index (Phi) is 7.67. The lowest BCUT2D eigenvalue weighted by atomic mass is 9.81. The van der Waals surface area contributed by atoms with Crippen LogP contribution in [0.4, 0.5) is 0 Å². The molecule has 0 rings (SSSR count). The summed E-state index contributed by atoms with van der Waals surface area (Å²) in [5.74, 6) is 0.379. The molecule has 0 aromatic rings. The standard InChI is InChI=1S/C13H27NO/c1-4-5-6-7-10-13(2,3)12(15)9-8-11-14/h4-11,14H2,1-3H3. The monoisotopic (exact) mass is 213 g/mol. The average molecular weight is 213 g/mol. The van der Waals surface area contributed by atoms with Crippen LogP contribution in [0.1, 0.15) is 65.7 Å². The van der Waals surface area contributed by atoms with Crippen molar-refractivity contribution in [1.29, 1.82) is 0 Å². The third kappa shape index (κ3) is 6.67. The molecule has 2 nitrogen and oxygen atoms in total. The quantitative estimate of drug-likeness (QED) is 0.597. The van der Waals surface area contributed by atoms with Crippen molar-refractivity contribution in [2.75, 3.05) is 6.54 Å². The molecule has 0 saturated carbocycles. The summed E-state index contributed by atoms with van der Waals surface area (Å²) < 4.78 is 0. The number of carbonyl (C=O) groups excluding carboxylic acids is 1. The van der Waals surface area contributed by atoms with Crippen LogP contribution in [0.15, 0.2) is 0 Å². The van der Waals surface area contributed by atoms with Crippen LogP contribution in [0.25, 0.3) is 0 Å². The Bertz CT molecular complexity index is 175. The number of hydrogen-bond donors (Lipinski definition) is 1. The lowest BCUT2D eigenvalue weighted by molar-refractivity contribution is -0.127. The Morgan fingerprint density at radius 2 is 1.80 bits per heavy atom. The highest BCUT2D eigenvalue weighted by Crippen LogP contribution is 2.26. The maximum atomic E-state index is 11.8. The van der Waals surface area contributed by atoms with Gasteiger partial charge in [-0.05, 0) is 19.4 Å². The Morgan fingerprint density at radius 1 is 1.13 bits per heavy atom. The maximum absolute atomic E-state index is 11.8. The van der Waals surface area contributed by atoms with Gasteiger partial charge in [-0.3, -0.25) is 4.79 Å². The number of hydrogen-bond acceptors (Lipinski definition) is 2. The van der Waals surface area contributed by atoms with Gasteiger partial charge < -0.3 is 5.73 Å². The van der Waals surface area contributed by atoms with Crippen LogP contribution < -0.4 is 5.73 Å². The van der Waals surface area contributed by atoms with E-state index in [0.29, 0.717) is 18.7 Å². The second kappa shape index (κ2) is 7.86. The number of Topliss-reactive ketones (excluding diaryl/α,β-unsaturated/α-hetero) is 1. The molecule has 0 heterocycles. The van der Waals surface area contributed by atoms with Crippen LogP contribution in [0.2, 0.25) is 0 Å².